The number of aryl methyl sites for hydroxylation is 1. The highest BCUT2D eigenvalue weighted by molar-refractivity contribution is 9.10. The number of benzene rings is 3. The van der Waals surface area contributed by atoms with Gasteiger partial charge in [0.1, 0.15) is 12.4 Å². The second-order valence-corrected chi connectivity index (χ2v) is 7.25. The van der Waals surface area contributed by atoms with Crippen molar-refractivity contribution >= 4 is 21.6 Å². The molecule has 28 heavy (non-hydrogen) atoms. The van der Waals surface area contributed by atoms with Gasteiger partial charge in [-0.25, -0.2) is 4.39 Å². The summed E-state index contributed by atoms with van der Waals surface area (Å²) in [5.74, 6) is 0.873. The number of anilines is 1. The van der Waals surface area contributed by atoms with Gasteiger partial charge in [0.25, 0.3) is 0 Å². The maximum absolute atomic E-state index is 13.8. The lowest BCUT2D eigenvalue weighted by atomic mass is 10.1. The number of ether oxygens (including phenoxy) is 2. The Hall–Kier alpha value is -2.53. The number of hydrogen-bond acceptors (Lipinski definition) is 3. The predicted octanol–water partition coefficient (Wildman–Crippen LogP) is 6.35. The van der Waals surface area contributed by atoms with Crippen LogP contribution in [0.4, 0.5) is 10.1 Å². The lowest BCUT2D eigenvalue weighted by Crippen LogP contribution is -2.03. The molecule has 1 N–H and O–H groups in total. The highest BCUT2D eigenvalue weighted by Crippen LogP contribution is 2.37. The molecule has 0 saturated heterocycles. The van der Waals surface area contributed by atoms with E-state index in [4.69, 9.17) is 9.47 Å². The molecule has 3 rings (SSSR count). The van der Waals surface area contributed by atoms with E-state index in [1.54, 1.807) is 25.3 Å². The van der Waals surface area contributed by atoms with Gasteiger partial charge >= 0.3 is 0 Å². The van der Waals surface area contributed by atoms with Crippen LogP contribution in [0.25, 0.3) is 0 Å². The molecule has 3 aromatic rings. The van der Waals surface area contributed by atoms with Gasteiger partial charge in [0.2, 0.25) is 0 Å². The largest absolute Gasteiger partial charge is 0.493 e. The molecule has 0 aliphatic rings. The summed E-state index contributed by atoms with van der Waals surface area (Å²) in [5.41, 5.74) is 3.91. The van der Waals surface area contributed by atoms with Crippen molar-refractivity contribution in [1.82, 2.24) is 0 Å². The molecule has 0 aromatic heterocycles. The Morgan fingerprint density at radius 2 is 1.75 bits per heavy atom. The van der Waals surface area contributed by atoms with Gasteiger partial charge in [0.15, 0.2) is 11.5 Å². The van der Waals surface area contributed by atoms with Gasteiger partial charge in [0, 0.05) is 17.8 Å². The second-order valence-electron chi connectivity index (χ2n) is 6.39. The topological polar surface area (TPSA) is 30.5 Å². The zero-order valence-corrected chi connectivity index (χ0v) is 17.6. The molecule has 3 nitrogen and oxygen atoms in total. The monoisotopic (exact) mass is 443 g/mol. The van der Waals surface area contributed by atoms with Gasteiger partial charge in [-0.2, -0.15) is 0 Å². The van der Waals surface area contributed by atoms with Crippen molar-refractivity contribution < 1.29 is 13.9 Å². The zero-order valence-electron chi connectivity index (χ0n) is 16.0. The first-order valence-corrected chi connectivity index (χ1v) is 9.95. The van der Waals surface area contributed by atoms with Gasteiger partial charge in [-0.15, -0.1) is 0 Å². The van der Waals surface area contributed by atoms with Crippen LogP contribution in [0.5, 0.6) is 11.5 Å². The third kappa shape index (κ3) is 5.04. The van der Waals surface area contributed by atoms with Crippen LogP contribution >= 0.6 is 15.9 Å². The van der Waals surface area contributed by atoms with Crippen molar-refractivity contribution in [2.24, 2.45) is 0 Å². The van der Waals surface area contributed by atoms with Crippen LogP contribution in [-0.4, -0.2) is 7.11 Å². The lowest BCUT2D eigenvalue weighted by Gasteiger charge is -2.15. The molecule has 0 aliphatic carbocycles. The Morgan fingerprint density at radius 1 is 1.00 bits per heavy atom. The summed E-state index contributed by atoms with van der Waals surface area (Å²) in [4.78, 5) is 0. The van der Waals surface area contributed by atoms with E-state index in [0.717, 1.165) is 22.1 Å². The Labute approximate surface area is 173 Å². The molecule has 0 amide bonds. The quantitative estimate of drug-likeness (QED) is 0.439. The maximum atomic E-state index is 13.8. The molecular weight excluding hydrogens is 421 g/mol. The molecule has 0 fully saturated rings. The molecule has 0 spiro atoms. The summed E-state index contributed by atoms with van der Waals surface area (Å²) in [6.45, 7) is 2.92. The standard InChI is InChI=1S/C23H23BrFNO2/c1-3-16-8-10-19(11-9-16)26-14-17-12-20(24)23(22(13-17)27-2)28-15-18-6-4-5-7-21(18)25/h4-13,26H,3,14-15H2,1-2H3. The highest BCUT2D eigenvalue weighted by atomic mass is 79.9. The van der Waals surface area contributed by atoms with E-state index in [1.165, 1.54) is 11.6 Å². The van der Waals surface area contributed by atoms with E-state index in [2.05, 4.69) is 52.4 Å². The fourth-order valence-electron chi connectivity index (χ4n) is 2.84. The van der Waals surface area contributed by atoms with Crippen molar-refractivity contribution in [3.8, 4) is 11.5 Å². The summed E-state index contributed by atoms with van der Waals surface area (Å²) in [6.07, 6.45) is 1.03. The molecule has 0 atom stereocenters. The predicted molar refractivity (Wildman–Crippen MR) is 115 cm³/mol. The van der Waals surface area contributed by atoms with Crippen molar-refractivity contribution in [2.45, 2.75) is 26.5 Å². The van der Waals surface area contributed by atoms with E-state index >= 15 is 0 Å². The van der Waals surface area contributed by atoms with E-state index in [-0.39, 0.29) is 12.4 Å². The van der Waals surface area contributed by atoms with Gasteiger partial charge in [-0.05, 0) is 63.8 Å². The third-order valence-electron chi connectivity index (χ3n) is 4.48. The molecule has 0 radical (unpaired) electrons. The average Bonchev–Trinajstić information content (AvgIpc) is 2.72. The molecule has 0 aliphatic heterocycles. The lowest BCUT2D eigenvalue weighted by molar-refractivity contribution is 0.277. The van der Waals surface area contributed by atoms with Gasteiger partial charge in [0.05, 0.1) is 11.6 Å². The summed E-state index contributed by atoms with van der Waals surface area (Å²) in [6, 6.07) is 18.9. The fraction of sp³-hybridized carbons (Fsp3) is 0.217. The number of halogens is 2. The summed E-state index contributed by atoms with van der Waals surface area (Å²) in [5, 5.41) is 3.41. The summed E-state index contributed by atoms with van der Waals surface area (Å²) in [7, 11) is 1.60. The van der Waals surface area contributed by atoms with Crippen molar-refractivity contribution in [1.29, 1.82) is 0 Å². The number of hydrogen-bond donors (Lipinski definition) is 1. The first kappa shape index (κ1) is 20.2. The molecular formula is C23H23BrFNO2. The van der Waals surface area contributed by atoms with E-state index in [0.29, 0.717) is 23.6 Å². The Balaban J connectivity index is 1.70. The van der Waals surface area contributed by atoms with Crippen LogP contribution in [0.15, 0.2) is 65.1 Å². The minimum atomic E-state index is -0.285. The van der Waals surface area contributed by atoms with Crippen LogP contribution < -0.4 is 14.8 Å². The number of methoxy groups -OCH3 is 1. The van der Waals surface area contributed by atoms with Gasteiger partial charge < -0.3 is 14.8 Å². The normalized spacial score (nSPS) is 10.6. The van der Waals surface area contributed by atoms with Crippen LogP contribution in [0.3, 0.4) is 0 Å². The molecule has 0 unspecified atom stereocenters. The first-order valence-electron chi connectivity index (χ1n) is 9.16. The zero-order chi connectivity index (χ0) is 19.9. The van der Waals surface area contributed by atoms with E-state index in [1.807, 2.05) is 12.1 Å². The number of nitrogens with one attached hydrogen (secondary N) is 1. The Kier molecular flexibility index (Phi) is 6.93. The molecule has 0 heterocycles. The second kappa shape index (κ2) is 9.60. The van der Waals surface area contributed by atoms with Crippen LogP contribution in [0.1, 0.15) is 23.6 Å². The third-order valence-corrected chi connectivity index (χ3v) is 5.07. The smallest absolute Gasteiger partial charge is 0.175 e. The van der Waals surface area contributed by atoms with Crippen LogP contribution in [-0.2, 0) is 19.6 Å². The van der Waals surface area contributed by atoms with E-state index < -0.39 is 0 Å². The van der Waals surface area contributed by atoms with Crippen molar-refractivity contribution in [3.63, 3.8) is 0 Å². The number of rotatable bonds is 8. The first-order chi connectivity index (χ1) is 13.6. The Morgan fingerprint density at radius 3 is 2.43 bits per heavy atom. The van der Waals surface area contributed by atoms with Crippen molar-refractivity contribution in [2.75, 3.05) is 12.4 Å². The highest BCUT2D eigenvalue weighted by Gasteiger charge is 2.13. The van der Waals surface area contributed by atoms with Crippen LogP contribution in [0.2, 0.25) is 0 Å². The summed E-state index contributed by atoms with van der Waals surface area (Å²) >= 11 is 3.55. The van der Waals surface area contributed by atoms with E-state index in [9.17, 15) is 4.39 Å². The SMILES string of the molecule is CCc1ccc(NCc2cc(Br)c(OCc3ccccc3F)c(OC)c2)cc1. The molecule has 0 saturated carbocycles. The molecule has 0 bridgehead atoms. The minimum absolute atomic E-state index is 0.128. The molecule has 5 heteroatoms. The molecule has 146 valence electrons. The fourth-order valence-corrected chi connectivity index (χ4v) is 3.45. The van der Waals surface area contributed by atoms with Gasteiger partial charge in [-0.1, -0.05) is 37.3 Å². The average molecular weight is 444 g/mol. The minimum Gasteiger partial charge on any atom is -0.493 e. The Bertz CT molecular complexity index is 928. The summed E-state index contributed by atoms with van der Waals surface area (Å²) < 4.78 is 25.9. The van der Waals surface area contributed by atoms with Crippen LogP contribution in [0, 0.1) is 5.82 Å². The van der Waals surface area contributed by atoms with Gasteiger partial charge in [-0.3, -0.25) is 0 Å². The molecule has 3 aromatic carbocycles. The maximum Gasteiger partial charge on any atom is 0.175 e. The van der Waals surface area contributed by atoms with Crippen molar-refractivity contribution in [3.05, 3.63) is 87.6 Å².